The van der Waals surface area contributed by atoms with Gasteiger partial charge in [-0.25, -0.2) is 9.97 Å². The van der Waals surface area contributed by atoms with Crippen molar-refractivity contribution in [2.45, 2.75) is 38.1 Å². The molecule has 4 heterocycles. The first-order valence-electron chi connectivity index (χ1n) is 10.1. The number of nitrogens with zero attached hydrogens (tertiary/aromatic N) is 6. The lowest BCUT2D eigenvalue weighted by Crippen LogP contribution is -2.35. The number of nitrogens with one attached hydrogen (secondary N) is 1. The molecular weight excluding hydrogens is 366 g/mol. The van der Waals surface area contributed by atoms with Gasteiger partial charge < -0.3 is 9.88 Å². The predicted octanol–water partition coefficient (Wildman–Crippen LogP) is 2.71. The number of aromatic amines is 1. The second-order valence-electron chi connectivity index (χ2n) is 8.28. The molecule has 1 aliphatic heterocycles. The molecule has 0 bridgehead atoms. The highest BCUT2D eigenvalue weighted by atomic mass is 16.2. The first-order chi connectivity index (χ1) is 14.1. The lowest BCUT2D eigenvalue weighted by molar-refractivity contribution is -0.130. The molecule has 3 atom stereocenters. The van der Waals surface area contributed by atoms with Crippen molar-refractivity contribution in [3.63, 3.8) is 0 Å². The Morgan fingerprint density at radius 3 is 2.86 bits per heavy atom. The number of hydrogen-bond acceptors (Lipinski definition) is 5. The molecule has 29 heavy (non-hydrogen) atoms. The maximum atomic E-state index is 12.1. The number of carbonyl (C=O) groups excluding carboxylic acids is 1. The highest BCUT2D eigenvalue weighted by molar-refractivity contribution is 5.90. The van der Waals surface area contributed by atoms with Crippen LogP contribution in [0.25, 0.3) is 22.3 Å². The molecule has 0 radical (unpaired) electrons. The highest BCUT2D eigenvalue weighted by Crippen LogP contribution is 2.49. The van der Waals surface area contributed by atoms with Crippen molar-refractivity contribution in [2.75, 3.05) is 13.1 Å². The summed E-state index contributed by atoms with van der Waals surface area (Å²) < 4.78 is 1.98. The lowest BCUT2D eigenvalue weighted by Gasteiger charge is -2.29. The van der Waals surface area contributed by atoms with Gasteiger partial charge in [-0.1, -0.05) is 6.92 Å². The maximum absolute atomic E-state index is 12.1. The first-order valence-corrected chi connectivity index (χ1v) is 10.1. The Kier molecular flexibility index (Phi) is 4.12. The number of fused-ring (bicyclic) bond motifs is 2. The van der Waals surface area contributed by atoms with E-state index in [0.717, 1.165) is 48.2 Å². The van der Waals surface area contributed by atoms with E-state index in [-0.39, 0.29) is 11.4 Å². The van der Waals surface area contributed by atoms with Crippen LogP contribution in [0.15, 0.2) is 31.0 Å². The molecule has 2 aliphatic rings. The number of amides is 1. The fourth-order valence-corrected chi connectivity index (χ4v) is 5.25. The molecule has 1 saturated carbocycles. The molecule has 8 heteroatoms. The molecule has 8 nitrogen and oxygen atoms in total. The molecule has 3 aromatic rings. The summed E-state index contributed by atoms with van der Waals surface area (Å²) in [6, 6.07) is 4.35. The van der Waals surface area contributed by atoms with Crippen LogP contribution in [0, 0.1) is 23.2 Å². The predicted molar refractivity (Wildman–Crippen MR) is 106 cm³/mol. The minimum atomic E-state index is -0.312. The Morgan fingerprint density at radius 1 is 1.34 bits per heavy atom. The van der Waals surface area contributed by atoms with Gasteiger partial charge in [0.2, 0.25) is 5.91 Å². The van der Waals surface area contributed by atoms with Gasteiger partial charge in [0.05, 0.1) is 29.9 Å². The third-order valence-electron chi connectivity index (χ3n) is 6.62. The Balaban J connectivity index is 1.45. The Bertz CT molecular complexity index is 1090. The van der Waals surface area contributed by atoms with Crippen molar-refractivity contribution in [2.24, 2.45) is 11.8 Å². The van der Waals surface area contributed by atoms with Crippen LogP contribution in [0.2, 0.25) is 0 Å². The van der Waals surface area contributed by atoms with Crippen LogP contribution in [0.3, 0.4) is 0 Å². The summed E-state index contributed by atoms with van der Waals surface area (Å²) in [4.78, 5) is 25.9. The van der Waals surface area contributed by atoms with Gasteiger partial charge in [-0.3, -0.25) is 9.48 Å². The molecule has 1 amide bonds. The first kappa shape index (κ1) is 17.9. The van der Waals surface area contributed by atoms with Crippen LogP contribution in [-0.2, 0) is 10.3 Å². The number of carbonyl (C=O) groups is 1. The molecule has 2 fully saturated rings. The van der Waals surface area contributed by atoms with E-state index in [4.69, 9.17) is 0 Å². The largest absolute Gasteiger partial charge is 0.346 e. The van der Waals surface area contributed by atoms with Gasteiger partial charge in [0.1, 0.15) is 12.0 Å². The van der Waals surface area contributed by atoms with Crippen LogP contribution in [-0.4, -0.2) is 48.6 Å². The summed E-state index contributed by atoms with van der Waals surface area (Å²) in [6.07, 6.45) is 9.98. The van der Waals surface area contributed by atoms with Crippen molar-refractivity contribution in [1.29, 1.82) is 5.26 Å². The Hall–Kier alpha value is -3.21. The van der Waals surface area contributed by atoms with Crippen LogP contribution in [0.1, 0.15) is 32.6 Å². The molecule has 1 saturated heterocycles. The summed E-state index contributed by atoms with van der Waals surface area (Å²) in [5, 5.41) is 15.2. The smallest absolute Gasteiger partial charge is 0.222 e. The zero-order valence-corrected chi connectivity index (χ0v) is 16.4. The van der Waals surface area contributed by atoms with Crippen LogP contribution < -0.4 is 0 Å². The third-order valence-corrected chi connectivity index (χ3v) is 6.62. The molecule has 1 N–H and O–H groups in total. The summed E-state index contributed by atoms with van der Waals surface area (Å²) in [7, 11) is 0. The van der Waals surface area contributed by atoms with Crippen LogP contribution >= 0.6 is 0 Å². The average molecular weight is 389 g/mol. The molecule has 0 aromatic carbocycles. The van der Waals surface area contributed by atoms with Gasteiger partial charge in [0.15, 0.2) is 0 Å². The van der Waals surface area contributed by atoms with Crippen molar-refractivity contribution in [3.8, 4) is 17.3 Å². The fraction of sp³-hybridized carbons (Fsp3) is 0.476. The molecule has 1 aliphatic carbocycles. The Morgan fingerprint density at radius 2 is 2.14 bits per heavy atom. The number of hydrogen-bond donors (Lipinski definition) is 1. The number of nitriles is 1. The highest BCUT2D eigenvalue weighted by Gasteiger charge is 2.51. The molecule has 3 aromatic heterocycles. The van der Waals surface area contributed by atoms with E-state index < -0.39 is 0 Å². The van der Waals surface area contributed by atoms with Crippen molar-refractivity contribution in [3.05, 3.63) is 31.0 Å². The van der Waals surface area contributed by atoms with E-state index in [1.165, 1.54) is 0 Å². The molecule has 0 spiro atoms. The minimum Gasteiger partial charge on any atom is -0.346 e. The zero-order valence-electron chi connectivity index (χ0n) is 16.4. The average Bonchev–Trinajstić information content (AvgIpc) is 3.48. The maximum Gasteiger partial charge on any atom is 0.222 e. The standard InChI is InChI=1S/C21H23N7O/c1-2-18(29)27-10-14-7-21(4-5-22,8-15(14)11-27)28-12-16(9-26-28)19-17-3-6-23-20(17)25-13-24-19/h3,6,9,12-15H,2,4,7-8,10-11H2,1H3,(H,23,24,25)/t14-,15+,21?. The van der Waals surface area contributed by atoms with E-state index in [2.05, 4.69) is 26.1 Å². The SMILES string of the molecule is CCC(=O)N1C[C@@H]2CC(CC#N)(n3cc(-c4ncnc5[nH]ccc45)cn3)C[C@@H]2C1. The second kappa shape index (κ2) is 6.69. The fourth-order valence-electron chi connectivity index (χ4n) is 5.25. The molecule has 1 unspecified atom stereocenters. The topological polar surface area (TPSA) is 103 Å². The summed E-state index contributed by atoms with van der Waals surface area (Å²) >= 11 is 0. The van der Waals surface area contributed by atoms with Crippen molar-refractivity contribution in [1.82, 2.24) is 29.6 Å². The van der Waals surface area contributed by atoms with Gasteiger partial charge in [-0.05, 0) is 30.7 Å². The summed E-state index contributed by atoms with van der Waals surface area (Å²) in [5.41, 5.74) is 2.25. The Labute approximate surface area is 168 Å². The number of rotatable bonds is 4. The normalized spacial score (nSPS) is 26.0. The zero-order chi connectivity index (χ0) is 20.0. The molecular formula is C21H23N7O. The van der Waals surface area contributed by atoms with Gasteiger partial charge >= 0.3 is 0 Å². The quantitative estimate of drug-likeness (QED) is 0.739. The van der Waals surface area contributed by atoms with Crippen LogP contribution in [0.5, 0.6) is 0 Å². The molecule has 148 valence electrons. The van der Waals surface area contributed by atoms with E-state index >= 15 is 0 Å². The van der Waals surface area contributed by atoms with E-state index in [0.29, 0.717) is 24.7 Å². The van der Waals surface area contributed by atoms with Gasteiger partial charge in [-0.2, -0.15) is 10.4 Å². The third kappa shape index (κ3) is 2.80. The molecule has 5 rings (SSSR count). The van der Waals surface area contributed by atoms with Crippen molar-refractivity contribution < 1.29 is 4.79 Å². The van der Waals surface area contributed by atoms with E-state index in [9.17, 15) is 10.1 Å². The van der Waals surface area contributed by atoms with Gasteiger partial charge in [0.25, 0.3) is 0 Å². The lowest BCUT2D eigenvalue weighted by atomic mass is 9.92. The number of aromatic nitrogens is 5. The van der Waals surface area contributed by atoms with Gasteiger partial charge in [-0.15, -0.1) is 0 Å². The van der Waals surface area contributed by atoms with Crippen molar-refractivity contribution >= 4 is 16.9 Å². The number of H-pyrrole nitrogens is 1. The minimum absolute atomic E-state index is 0.228. The van der Waals surface area contributed by atoms with Gasteiger partial charge in [0, 0.05) is 42.9 Å². The summed E-state index contributed by atoms with van der Waals surface area (Å²) in [6.45, 7) is 3.51. The summed E-state index contributed by atoms with van der Waals surface area (Å²) in [5.74, 6) is 1.09. The monoisotopic (exact) mass is 389 g/mol. The second-order valence-corrected chi connectivity index (χ2v) is 8.28. The van der Waals surface area contributed by atoms with E-state index in [1.54, 1.807) is 6.33 Å². The van der Waals surface area contributed by atoms with E-state index in [1.807, 2.05) is 41.2 Å². The van der Waals surface area contributed by atoms with Crippen LogP contribution in [0.4, 0.5) is 0 Å². The number of likely N-dealkylation sites (tertiary alicyclic amines) is 1.